The molecule has 0 atom stereocenters. The zero-order valence-electron chi connectivity index (χ0n) is 10.2. The van der Waals surface area contributed by atoms with Gasteiger partial charge in [0.2, 0.25) is 0 Å². The summed E-state index contributed by atoms with van der Waals surface area (Å²) in [6, 6.07) is 2.95. The van der Waals surface area contributed by atoms with Crippen LogP contribution in [0.15, 0.2) is 0 Å². The van der Waals surface area contributed by atoms with Gasteiger partial charge in [0, 0.05) is 12.6 Å². The van der Waals surface area contributed by atoms with Crippen LogP contribution in [0.2, 0.25) is 0 Å². The zero-order chi connectivity index (χ0) is 11.6. The van der Waals surface area contributed by atoms with Crippen molar-refractivity contribution in [1.82, 2.24) is 4.90 Å². The third-order valence-corrected chi connectivity index (χ3v) is 3.47. The van der Waals surface area contributed by atoms with Crippen LogP contribution in [0, 0.1) is 11.3 Å². The quantitative estimate of drug-likeness (QED) is 0.508. The number of unbranched alkanes of at least 4 members (excludes halogenated alkanes) is 3. The van der Waals surface area contributed by atoms with Crippen LogP contribution in [0.5, 0.6) is 0 Å². The van der Waals surface area contributed by atoms with Gasteiger partial charge in [-0.2, -0.15) is 5.26 Å². The molecule has 0 aromatic heterocycles. The van der Waals surface area contributed by atoms with E-state index in [1.807, 2.05) is 0 Å². The van der Waals surface area contributed by atoms with E-state index < -0.39 is 0 Å². The lowest BCUT2D eigenvalue weighted by molar-refractivity contribution is 0.216. The molecule has 1 aliphatic rings. The number of rotatable bonds is 8. The summed E-state index contributed by atoms with van der Waals surface area (Å²) in [5.74, 6) is 0. The fourth-order valence-electron chi connectivity index (χ4n) is 2.53. The number of nitrogens with zero attached hydrogens (tertiary/aromatic N) is 2. The Labute approximate surface area is 99.1 Å². The van der Waals surface area contributed by atoms with Crippen molar-refractivity contribution in [3.8, 4) is 6.07 Å². The molecule has 92 valence electrons. The first kappa shape index (κ1) is 13.5. The monoisotopic (exact) mass is 224 g/mol. The van der Waals surface area contributed by atoms with Crippen molar-refractivity contribution in [2.45, 2.75) is 57.4 Å². The average Bonchev–Trinajstić information content (AvgIpc) is 2.81. The topological polar surface area (TPSA) is 47.3 Å². The Morgan fingerprint density at radius 3 is 2.44 bits per heavy atom. The normalized spacial score (nSPS) is 16.8. The van der Waals surface area contributed by atoms with Gasteiger partial charge in [0.05, 0.1) is 12.6 Å². The third-order valence-electron chi connectivity index (χ3n) is 3.47. The lowest BCUT2D eigenvalue weighted by atomic mass is 10.1. The molecule has 0 unspecified atom stereocenters. The van der Waals surface area contributed by atoms with Gasteiger partial charge in [0.25, 0.3) is 0 Å². The minimum Gasteiger partial charge on any atom is -0.396 e. The molecule has 3 nitrogen and oxygen atoms in total. The fraction of sp³-hybridized carbons (Fsp3) is 0.923. The van der Waals surface area contributed by atoms with Gasteiger partial charge >= 0.3 is 0 Å². The summed E-state index contributed by atoms with van der Waals surface area (Å²) in [6.45, 7) is 1.96. The van der Waals surface area contributed by atoms with Crippen LogP contribution in [-0.4, -0.2) is 35.7 Å². The lowest BCUT2D eigenvalue weighted by Crippen LogP contribution is -2.34. The maximum atomic E-state index is 8.81. The summed E-state index contributed by atoms with van der Waals surface area (Å²) in [7, 11) is 0. The van der Waals surface area contributed by atoms with Gasteiger partial charge in [-0.15, -0.1) is 0 Å². The molecule has 0 amide bonds. The van der Waals surface area contributed by atoms with Crippen molar-refractivity contribution < 1.29 is 5.11 Å². The SMILES string of the molecule is N#CCN(CCCCCCO)C1CCCC1. The molecule has 0 spiro atoms. The Hall–Kier alpha value is -0.590. The van der Waals surface area contributed by atoms with E-state index in [1.165, 1.54) is 32.1 Å². The van der Waals surface area contributed by atoms with Gasteiger partial charge < -0.3 is 5.11 Å². The Morgan fingerprint density at radius 2 is 1.81 bits per heavy atom. The molecule has 0 heterocycles. The van der Waals surface area contributed by atoms with Gasteiger partial charge in [-0.25, -0.2) is 0 Å². The lowest BCUT2D eigenvalue weighted by Gasteiger charge is -2.25. The molecule has 0 aromatic carbocycles. The predicted octanol–water partition coefficient (Wildman–Crippen LogP) is 2.31. The minimum absolute atomic E-state index is 0.310. The summed E-state index contributed by atoms with van der Waals surface area (Å²) in [5, 5.41) is 17.5. The molecular formula is C13H24N2O. The number of aliphatic hydroxyl groups excluding tert-OH is 1. The number of hydrogen-bond donors (Lipinski definition) is 1. The van der Waals surface area contributed by atoms with Gasteiger partial charge in [0.15, 0.2) is 0 Å². The summed E-state index contributed by atoms with van der Waals surface area (Å²) < 4.78 is 0. The van der Waals surface area contributed by atoms with Crippen LogP contribution in [0.3, 0.4) is 0 Å². The molecule has 0 aromatic rings. The second-order valence-electron chi connectivity index (χ2n) is 4.70. The molecular weight excluding hydrogens is 200 g/mol. The van der Waals surface area contributed by atoms with Crippen LogP contribution in [0.1, 0.15) is 51.4 Å². The molecule has 0 bridgehead atoms. The molecule has 1 saturated carbocycles. The maximum Gasteiger partial charge on any atom is 0.0868 e. The van der Waals surface area contributed by atoms with Crippen molar-refractivity contribution in [3.05, 3.63) is 0 Å². The number of hydrogen-bond acceptors (Lipinski definition) is 3. The van der Waals surface area contributed by atoms with E-state index >= 15 is 0 Å². The number of aliphatic hydroxyl groups is 1. The Morgan fingerprint density at radius 1 is 1.12 bits per heavy atom. The van der Waals surface area contributed by atoms with Crippen molar-refractivity contribution in [2.75, 3.05) is 19.7 Å². The van der Waals surface area contributed by atoms with Crippen molar-refractivity contribution >= 4 is 0 Å². The highest BCUT2D eigenvalue weighted by Gasteiger charge is 2.21. The molecule has 0 saturated heterocycles. The van der Waals surface area contributed by atoms with Gasteiger partial charge in [-0.05, 0) is 32.2 Å². The number of nitriles is 1. The van der Waals surface area contributed by atoms with Gasteiger partial charge in [-0.1, -0.05) is 25.7 Å². The Bertz CT molecular complexity index is 206. The van der Waals surface area contributed by atoms with Crippen molar-refractivity contribution in [1.29, 1.82) is 5.26 Å². The Balaban J connectivity index is 2.15. The second kappa shape index (κ2) is 8.55. The molecule has 1 rings (SSSR count). The van der Waals surface area contributed by atoms with E-state index in [1.54, 1.807) is 0 Å². The van der Waals surface area contributed by atoms with Crippen molar-refractivity contribution in [2.24, 2.45) is 0 Å². The summed E-state index contributed by atoms with van der Waals surface area (Å²) in [5.41, 5.74) is 0. The van der Waals surface area contributed by atoms with Gasteiger partial charge in [-0.3, -0.25) is 4.90 Å². The van der Waals surface area contributed by atoms with E-state index in [0.717, 1.165) is 25.8 Å². The fourth-order valence-corrected chi connectivity index (χ4v) is 2.53. The third kappa shape index (κ3) is 4.96. The van der Waals surface area contributed by atoms with E-state index in [4.69, 9.17) is 10.4 Å². The molecule has 1 fully saturated rings. The molecule has 0 aliphatic heterocycles. The largest absolute Gasteiger partial charge is 0.396 e. The standard InChI is InChI=1S/C13H24N2O/c14-9-11-15(13-7-3-4-8-13)10-5-1-2-6-12-16/h13,16H,1-8,10-12H2. The predicted molar refractivity (Wildman–Crippen MR) is 65.0 cm³/mol. The molecule has 3 heteroatoms. The molecule has 0 radical (unpaired) electrons. The van der Waals surface area contributed by atoms with Crippen LogP contribution < -0.4 is 0 Å². The van der Waals surface area contributed by atoms with Crippen LogP contribution in [0.4, 0.5) is 0 Å². The van der Waals surface area contributed by atoms with E-state index in [9.17, 15) is 0 Å². The van der Waals surface area contributed by atoms with E-state index in [2.05, 4.69) is 11.0 Å². The highest BCUT2D eigenvalue weighted by molar-refractivity contribution is 4.84. The van der Waals surface area contributed by atoms with E-state index in [0.29, 0.717) is 19.2 Å². The first-order valence-corrected chi connectivity index (χ1v) is 6.60. The first-order valence-electron chi connectivity index (χ1n) is 6.60. The van der Waals surface area contributed by atoms with E-state index in [-0.39, 0.29) is 0 Å². The second-order valence-corrected chi connectivity index (χ2v) is 4.70. The van der Waals surface area contributed by atoms with Crippen LogP contribution in [0.25, 0.3) is 0 Å². The van der Waals surface area contributed by atoms with Crippen LogP contribution in [-0.2, 0) is 0 Å². The zero-order valence-corrected chi connectivity index (χ0v) is 10.2. The average molecular weight is 224 g/mol. The molecule has 16 heavy (non-hydrogen) atoms. The smallest absolute Gasteiger partial charge is 0.0868 e. The summed E-state index contributed by atoms with van der Waals surface area (Å²) in [6.07, 6.45) is 9.58. The first-order chi connectivity index (χ1) is 7.88. The van der Waals surface area contributed by atoms with Crippen molar-refractivity contribution in [3.63, 3.8) is 0 Å². The molecule has 1 aliphatic carbocycles. The Kier molecular flexibility index (Phi) is 7.20. The van der Waals surface area contributed by atoms with Crippen LogP contribution >= 0.6 is 0 Å². The molecule has 1 N–H and O–H groups in total. The van der Waals surface area contributed by atoms with Gasteiger partial charge in [0.1, 0.15) is 0 Å². The minimum atomic E-state index is 0.310. The highest BCUT2D eigenvalue weighted by atomic mass is 16.2. The summed E-state index contributed by atoms with van der Waals surface area (Å²) in [4.78, 5) is 2.35. The maximum absolute atomic E-state index is 8.81. The summed E-state index contributed by atoms with van der Waals surface area (Å²) >= 11 is 0. The highest BCUT2D eigenvalue weighted by Crippen LogP contribution is 2.23.